The average molecular weight is 350 g/mol. The number of rotatable bonds is 2. The topological polar surface area (TPSA) is 17.8 Å². The Labute approximate surface area is 131 Å². The molecular formula is C16H14BrClN2. The fourth-order valence-electron chi connectivity index (χ4n) is 2.39. The highest BCUT2D eigenvalue weighted by atomic mass is 79.9. The third kappa shape index (κ3) is 2.25. The summed E-state index contributed by atoms with van der Waals surface area (Å²) in [7, 11) is 0. The molecule has 2 nitrogen and oxygen atoms in total. The molecule has 0 bridgehead atoms. The van der Waals surface area contributed by atoms with Crippen molar-refractivity contribution in [3.05, 3.63) is 58.3 Å². The second-order valence-electron chi connectivity index (χ2n) is 4.84. The van der Waals surface area contributed by atoms with Crippen LogP contribution in [0.4, 0.5) is 0 Å². The Morgan fingerprint density at radius 3 is 2.70 bits per heavy atom. The number of halogens is 2. The van der Waals surface area contributed by atoms with E-state index in [1.165, 1.54) is 5.56 Å². The van der Waals surface area contributed by atoms with Crippen LogP contribution < -0.4 is 0 Å². The maximum absolute atomic E-state index is 6.33. The van der Waals surface area contributed by atoms with Gasteiger partial charge in [-0.2, -0.15) is 0 Å². The molecule has 4 heteroatoms. The highest BCUT2D eigenvalue weighted by Gasteiger charge is 2.17. The van der Waals surface area contributed by atoms with Crippen LogP contribution in [0.25, 0.3) is 16.7 Å². The minimum Gasteiger partial charge on any atom is -0.295 e. The van der Waals surface area contributed by atoms with Crippen LogP contribution in [0.1, 0.15) is 23.7 Å². The Kier molecular flexibility index (Phi) is 3.57. The minimum atomic E-state index is -0.152. The highest BCUT2D eigenvalue weighted by Crippen LogP contribution is 2.30. The molecule has 0 aliphatic heterocycles. The number of aromatic nitrogens is 2. The number of hydrogen-bond donors (Lipinski definition) is 0. The van der Waals surface area contributed by atoms with Crippen molar-refractivity contribution in [1.29, 1.82) is 0 Å². The van der Waals surface area contributed by atoms with Crippen LogP contribution in [0.3, 0.4) is 0 Å². The van der Waals surface area contributed by atoms with Crippen LogP contribution in [0, 0.1) is 6.92 Å². The van der Waals surface area contributed by atoms with Crippen molar-refractivity contribution in [2.75, 3.05) is 0 Å². The van der Waals surface area contributed by atoms with Gasteiger partial charge < -0.3 is 0 Å². The van der Waals surface area contributed by atoms with Gasteiger partial charge in [0.15, 0.2) is 0 Å². The quantitative estimate of drug-likeness (QED) is 0.567. The molecule has 0 saturated carbocycles. The summed E-state index contributed by atoms with van der Waals surface area (Å²) in [4.78, 5) is 4.68. The minimum absolute atomic E-state index is 0.152. The van der Waals surface area contributed by atoms with E-state index in [2.05, 4.69) is 50.6 Å². The van der Waals surface area contributed by atoms with E-state index in [-0.39, 0.29) is 5.38 Å². The van der Waals surface area contributed by atoms with Crippen LogP contribution in [0.15, 0.2) is 46.9 Å². The largest absolute Gasteiger partial charge is 0.295 e. The predicted molar refractivity (Wildman–Crippen MR) is 87.8 cm³/mol. The fraction of sp³-hybridized carbons (Fsp3) is 0.188. The van der Waals surface area contributed by atoms with Crippen molar-refractivity contribution in [2.24, 2.45) is 0 Å². The number of para-hydroxylation sites is 2. The van der Waals surface area contributed by atoms with Gasteiger partial charge in [0.05, 0.1) is 22.1 Å². The SMILES string of the molecule is Cc1ccc(Br)cc1-n1c(C(C)Cl)nc2ccccc21. The van der Waals surface area contributed by atoms with E-state index in [1.54, 1.807) is 0 Å². The lowest BCUT2D eigenvalue weighted by molar-refractivity contribution is 0.878. The summed E-state index contributed by atoms with van der Waals surface area (Å²) in [6.07, 6.45) is 0. The lowest BCUT2D eigenvalue weighted by atomic mass is 10.2. The Morgan fingerprint density at radius 2 is 1.95 bits per heavy atom. The summed E-state index contributed by atoms with van der Waals surface area (Å²) in [6.45, 7) is 4.05. The molecule has 3 aromatic rings. The molecule has 1 heterocycles. The second kappa shape index (κ2) is 5.23. The molecule has 20 heavy (non-hydrogen) atoms. The van der Waals surface area contributed by atoms with E-state index in [0.717, 1.165) is 27.0 Å². The van der Waals surface area contributed by atoms with Gasteiger partial charge in [-0.1, -0.05) is 34.1 Å². The van der Waals surface area contributed by atoms with Gasteiger partial charge in [0.2, 0.25) is 0 Å². The normalized spacial score (nSPS) is 12.8. The third-order valence-electron chi connectivity index (χ3n) is 3.35. The van der Waals surface area contributed by atoms with Crippen molar-refractivity contribution in [2.45, 2.75) is 19.2 Å². The molecule has 3 rings (SSSR count). The van der Waals surface area contributed by atoms with Crippen molar-refractivity contribution >= 4 is 38.6 Å². The molecule has 0 aliphatic carbocycles. The number of fused-ring (bicyclic) bond motifs is 1. The van der Waals surface area contributed by atoms with Gasteiger partial charge >= 0.3 is 0 Å². The predicted octanol–water partition coefficient (Wildman–Crippen LogP) is 5.40. The maximum atomic E-state index is 6.33. The molecule has 0 amide bonds. The molecule has 1 aromatic heterocycles. The van der Waals surface area contributed by atoms with Crippen LogP contribution in [-0.4, -0.2) is 9.55 Å². The highest BCUT2D eigenvalue weighted by molar-refractivity contribution is 9.10. The van der Waals surface area contributed by atoms with Crippen molar-refractivity contribution in [1.82, 2.24) is 9.55 Å². The number of benzene rings is 2. The molecule has 1 atom stereocenters. The fourth-order valence-corrected chi connectivity index (χ4v) is 2.88. The summed E-state index contributed by atoms with van der Waals surface area (Å²) in [5.74, 6) is 0.870. The number of alkyl halides is 1. The van der Waals surface area contributed by atoms with E-state index in [0.29, 0.717) is 0 Å². The number of hydrogen-bond acceptors (Lipinski definition) is 1. The van der Waals surface area contributed by atoms with Gasteiger partial charge in [-0.15, -0.1) is 11.6 Å². The summed E-state index contributed by atoms with van der Waals surface area (Å²) in [5.41, 5.74) is 4.34. The zero-order valence-electron chi connectivity index (χ0n) is 11.3. The second-order valence-corrected chi connectivity index (χ2v) is 6.41. The van der Waals surface area contributed by atoms with Crippen molar-refractivity contribution < 1.29 is 0 Å². The maximum Gasteiger partial charge on any atom is 0.132 e. The van der Waals surface area contributed by atoms with E-state index in [9.17, 15) is 0 Å². The molecule has 0 spiro atoms. The van der Waals surface area contributed by atoms with Crippen LogP contribution in [0.2, 0.25) is 0 Å². The number of nitrogens with zero attached hydrogens (tertiary/aromatic N) is 2. The standard InChI is InChI=1S/C16H14BrClN2/c1-10-7-8-12(17)9-15(10)20-14-6-4-3-5-13(14)19-16(20)11(2)18/h3-9,11H,1-2H3. The first kappa shape index (κ1) is 13.7. The molecule has 2 aromatic carbocycles. The Hall–Kier alpha value is -1.32. The molecule has 0 radical (unpaired) electrons. The van der Waals surface area contributed by atoms with E-state index in [4.69, 9.17) is 11.6 Å². The smallest absolute Gasteiger partial charge is 0.132 e. The summed E-state index contributed by atoms with van der Waals surface area (Å²) in [5, 5.41) is -0.152. The van der Waals surface area contributed by atoms with Gasteiger partial charge in [0.25, 0.3) is 0 Å². The van der Waals surface area contributed by atoms with Gasteiger partial charge in [-0.3, -0.25) is 4.57 Å². The van der Waals surface area contributed by atoms with Crippen LogP contribution >= 0.6 is 27.5 Å². The molecule has 0 saturated heterocycles. The third-order valence-corrected chi connectivity index (χ3v) is 4.04. The molecule has 0 N–H and O–H groups in total. The Bertz CT molecular complexity index is 777. The molecular weight excluding hydrogens is 336 g/mol. The number of imidazole rings is 1. The lowest BCUT2D eigenvalue weighted by Gasteiger charge is -2.13. The zero-order chi connectivity index (χ0) is 14.3. The number of aryl methyl sites for hydroxylation is 1. The van der Waals surface area contributed by atoms with Gasteiger partial charge in [-0.05, 0) is 43.7 Å². The van der Waals surface area contributed by atoms with Gasteiger partial charge in [0, 0.05) is 4.47 Å². The first-order chi connectivity index (χ1) is 9.58. The van der Waals surface area contributed by atoms with Gasteiger partial charge in [-0.25, -0.2) is 4.98 Å². The van der Waals surface area contributed by atoms with Crippen molar-refractivity contribution in [3.63, 3.8) is 0 Å². The van der Waals surface area contributed by atoms with E-state index < -0.39 is 0 Å². The van der Waals surface area contributed by atoms with E-state index >= 15 is 0 Å². The lowest BCUT2D eigenvalue weighted by Crippen LogP contribution is -2.03. The van der Waals surface area contributed by atoms with Crippen molar-refractivity contribution in [3.8, 4) is 5.69 Å². The summed E-state index contributed by atoms with van der Waals surface area (Å²) < 4.78 is 3.19. The van der Waals surface area contributed by atoms with E-state index in [1.807, 2.05) is 31.2 Å². The summed E-state index contributed by atoms with van der Waals surface area (Å²) >= 11 is 9.87. The summed E-state index contributed by atoms with van der Waals surface area (Å²) in [6, 6.07) is 14.4. The monoisotopic (exact) mass is 348 g/mol. The molecule has 0 aliphatic rings. The van der Waals surface area contributed by atoms with Crippen LogP contribution in [0.5, 0.6) is 0 Å². The van der Waals surface area contributed by atoms with Crippen LogP contribution in [-0.2, 0) is 0 Å². The first-order valence-corrected chi connectivity index (χ1v) is 7.69. The Balaban J connectivity index is 2.39. The first-order valence-electron chi connectivity index (χ1n) is 6.46. The zero-order valence-corrected chi connectivity index (χ0v) is 13.6. The molecule has 1 unspecified atom stereocenters. The Morgan fingerprint density at radius 1 is 1.20 bits per heavy atom. The molecule has 0 fully saturated rings. The molecule has 102 valence electrons. The van der Waals surface area contributed by atoms with Gasteiger partial charge in [0.1, 0.15) is 5.82 Å². The average Bonchev–Trinajstić information content (AvgIpc) is 2.81.